The van der Waals surface area contributed by atoms with Crippen molar-refractivity contribution in [2.45, 2.75) is 38.1 Å². The Labute approximate surface area is 188 Å². The average Bonchev–Trinajstić information content (AvgIpc) is 2.85. The van der Waals surface area contributed by atoms with Crippen molar-refractivity contribution in [3.63, 3.8) is 0 Å². The Balaban J connectivity index is 1.56. The SMILES string of the molecule is NCC1CCC(C(=O)NC(Cc2ccccc2)c2cc(-c3ccc(F)nc3)ccn2)CC1. The molecule has 1 aliphatic rings. The van der Waals surface area contributed by atoms with E-state index in [0.29, 0.717) is 18.9 Å². The van der Waals surface area contributed by atoms with Gasteiger partial charge in [0.1, 0.15) is 0 Å². The summed E-state index contributed by atoms with van der Waals surface area (Å²) in [4.78, 5) is 21.5. The molecule has 2 aromatic heterocycles. The molecule has 0 saturated heterocycles. The van der Waals surface area contributed by atoms with Crippen molar-refractivity contribution < 1.29 is 9.18 Å². The molecule has 1 aromatic carbocycles. The van der Waals surface area contributed by atoms with Gasteiger partial charge >= 0.3 is 0 Å². The van der Waals surface area contributed by atoms with Gasteiger partial charge in [-0.25, -0.2) is 4.98 Å². The Kier molecular flexibility index (Phi) is 7.22. The average molecular weight is 433 g/mol. The number of amides is 1. The molecule has 3 aromatic rings. The number of hydrogen-bond donors (Lipinski definition) is 2. The highest BCUT2D eigenvalue weighted by Gasteiger charge is 2.28. The zero-order valence-corrected chi connectivity index (χ0v) is 18.1. The summed E-state index contributed by atoms with van der Waals surface area (Å²) in [6.45, 7) is 0.694. The number of benzene rings is 1. The molecule has 4 rings (SSSR count). The van der Waals surface area contributed by atoms with Gasteiger partial charge in [-0.05, 0) is 80.0 Å². The molecule has 1 atom stereocenters. The van der Waals surface area contributed by atoms with Gasteiger partial charge in [-0.2, -0.15) is 4.39 Å². The summed E-state index contributed by atoms with van der Waals surface area (Å²) in [5, 5.41) is 3.26. The van der Waals surface area contributed by atoms with E-state index in [1.165, 1.54) is 12.3 Å². The van der Waals surface area contributed by atoms with E-state index in [1.807, 2.05) is 30.3 Å². The quantitative estimate of drug-likeness (QED) is 0.541. The molecule has 166 valence electrons. The van der Waals surface area contributed by atoms with Crippen molar-refractivity contribution in [1.29, 1.82) is 0 Å². The third-order valence-corrected chi connectivity index (χ3v) is 6.35. The van der Waals surface area contributed by atoms with Gasteiger partial charge in [0.15, 0.2) is 0 Å². The first-order valence-corrected chi connectivity index (χ1v) is 11.2. The number of nitrogens with one attached hydrogen (secondary N) is 1. The summed E-state index contributed by atoms with van der Waals surface area (Å²) in [5.41, 5.74) is 9.40. The molecule has 1 aliphatic carbocycles. The molecular formula is C26H29FN4O. The minimum atomic E-state index is -0.512. The lowest BCUT2D eigenvalue weighted by Gasteiger charge is -2.28. The lowest BCUT2D eigenvalue weighted by Crippen LogP contribution is -2.37. The first kappa shape index (κ1) is 22.1. The highest BCUT2D eigenvalue weighted by Crippen LogP contribution is 2.30. The van der Waals surface area contributed by atoms with Crippen LogP contribution in [0.1, 0.15) is 43.0 Å². The van der Waals surface area contributed by atoms with E-state index in [2.05, 4.69) is 27.4 Å². The number of rotatable bonds is 7. The molecule has 1 saturated carbocycles. The van der Waals surface area contributed by atoms with E-state index in [-0.39, 0.29) is 17.9 Å². The second-order valence-electron chi connectivity index (χ2n) is 8.54. The van der Waals surface area contributed by atoms with Gasteiger partial charge in [-0.3, -0.25) is 9.78 Å². The predicted molar refractivity (Wildman–Crippen MR) is 123 cm³/mol. The monoisotopic (exact) mass is 432 g/mol. The lowest BCUT2D eigenvalue weighted by atomic mass is 9.81. The Morgan fingerprint density at radius 1 is 1.03 bits per heavy atom. The Morgan fingerprint density at radius 2 is 1.81 bits per heavy atom. The van der Waals surface area contributed by atoms with Gasteiger partial charge in [-0.1, -0.05) is 30.3 Å². The van der Waals surface area contributed by atoms with Gasteiger partial charge in [0, 0.05) is 23.9 Å². The van der Waals surface area contributed by atoms with Crippen LogP contribution >= 0.6 is 0 Å². The number of hydrogen-bond acceptors (Lipinski definition) is 4. The van der Waals surface area contributed by atoms with E-state index >= 15 is 0 Å². The van der Waals surface area contributed by atoms with E-state index in [4.69, 9.17) is 5.73 Å². The van der Waals surface area contributed by atoms with E-state index in [9.17, 15) is 9.18 Å². The minimum absolute atomic E-state index is 0.0144. The third-order valence-electron chi connectivity index (χ3n) is 6.35. The van der Waals surface area contributed by atoms with E-state index in [1.54, 1.807) is 12.3 Å². The molecule has 32 heavy (non-hydrogen) atoms. The van der Waals surface area contributed by atoms with Crippen LogP contribution in [0.5, 0.6) is 0 Å². The van der Waals surface area contributed by atoms with Crippen molar-refractivity contribution in [2.24, 2.45) is 17.6 Å². The van der Waals surface area contributed by atoms with Gasteiger partial charge in [-0.15, -0.1) is 0 Å². The Morgan fingerprint density at radius 3 is 2.50 bits per heavy atom. The first-order chi connectivity index (χ1) is 15.6. The fraction of sp³-hybridized carbons (Fsp3) is 0.346. The molecule has 6 heteroatoms. The normalized spacial score (nSPS) is 19.3. The number of nitrogens with two attached hydrogens (primary N) is 1. The van der Waals surface area contributed by atoms with E-state index in [0.717, 1.165) is 48.1 Å². The second-order valence-corrected chi connectivity index (χ2v) is 8.54. The summed E-state index contributed by atoms with van der Waals surface area (Å²) >= 11 is 0. The molecule has 0 aliphatic heterocycles. The summed E-state index contributed by atoms with van der Waals surface area (Å²) in [6.07, 6.45) is 7.63. The van der Waals surface area contributed by atoms with Crippen LogP contribution in [0.2, 0.25) is 0 Å². The molecule has 2 heterocycles. The van der Waals surface area contributed by atoms with Crippen LogP contribution in [0.3, 0.4) is 0 Å². The number of nitrogens with zero attached hydrogens (tertiary/aromatic N) is 2. The number of carbonyl (C=O) groups is 1. The summed E-state index contributed by atoms with van der Waals surface area (Å²) in [5.74, 6) is 0.112. The van der Waals surface area contributed by atoms with Gasteiger partial charge in [0.05, 0.1) is 11.7 Å². The van der Waals surface area contributed by atoms with Crippen molar-refractivity contribution in [2.75, 3.05) is 6.54 Å². The third kappa shape index (κ3) is 5.56. The molecular weight excluding hydrogens is 403 g/mol. The maximum Gasteiger partial charge on any atom is 0.223 e. The largest absolute Gasteiger partial charge is 0.347 e. The van der Waals surface area contributed by atoms with Crippen LogP contribution < -0.4 is 11.1 Å². The number of halogens is 1. The van der Waals surface area contributed by atoms with Crippen LogP contribution in [0.25, 0.3) is 11.1 Å². The van der Waals surface area contributed by atoms with E-state index < -0.39 is 5.95 Å². The summed E-state index contributed by atoms with van der Waals surface area (Å²) < 4.78 is 13.2. The van der Waals surface area contributed by atoms with Crippen molar-refractivity contribution in [1.82, 2.24) is 15.3 Å². The highest BCUT2D eigenvalue weighted by atomic mass is 19.1. The Bertz CT molecular complexity index is 1020. The van der Waals surface area contributed by atoms with Gasteiger partial charge in [0.2, 0.25) is 11.9 Å². The van der Waals surface area contributed by atoms with Crippen LogP contribution in [0, 0.1) is 17.8 Å². The standard InChI is InChI=1S/C26H29FN4O/c27-25-11-10-22(17-30-25)21-12-13-29-23(15-21)24(14-18-4-2-1-3-5-18)31-26(32)20-8-6-19(16-28)7-9-20/h1-5,10-13,15,17,19-20,24H,6-9,14,16,28H2,(H,31,32). The fourth-order valence-corrected chi connectivity index (χ4v) is 4.39. The number of pyridine rings is 2. The maximum atomic E-state index is 13.2. The van der Waals surface area contributed by atoms with Gasteiger partial charge < -0.3 is 11.1 Å². The van der Waals surface area contributed by atoms with Gasteiger partial charge in [0.25, 0.3) is 0 Å². The molecule has 0 radical (unpaired) electrons. The van der Waals surface area contributed by atoms with Crippen molar-refractivity contribution in [3.05, 3.63) is 84.2 Å². The lowest BCUT2D eigenvalue weighted by molar-refractivity contribution is -0.127. The fourth-order valence-electron chi connectivity index (χ4n) is 4.39. The zero-order valence-electron chi connectivity index (χ0n) is 18.1. The van der Waals surface area contributed by atoms with Crippen LogP contribution in [-0.4, -0.2) is 22.4 Å². The van der Waals surface area contributed by atoms with Crippen molar-refractivity contribution in [3.8, 4) is 11.1 Å². The predicted octanol–water partition coefficient (Wildman–Crippen LogP) is 4.45. The summed E-state index contributed by atoms with van der Waals surface area (Å²) in [7, 11) is 0. The second kappa shape index (κ2) is 10.5. The van der Waals surface area contributed by atoms with Crippen LogP contribution in [0.15, 0.2) is 67.0 Å². The smallest absolute Gasteiger partial charge is 0.223 e. The van der Waals surface area contributed by atoms with Crippen LogP contribution in [-0.2, 0) is 11.2 Å². The Hall–Kier alpha value is -3.12. The molecule has 5 nitrogen and oxygen atoms in total. The molecule has 1 amide bonds. The minimum Gasteiger partial charge on any atom is -0.347 e. The molecule has 1 fully saturated rings. The molecule has 1 unspecified atom stereocenters. The molecule has 0 bridgehead atoms. The highest BCUT2D eigenvalue weighted by molar-refractivity contribution is 5.79. The first-order valence-electron chi connectivity index (χ1n) is 11.2. The summed E-state index contributed by atoms with van der Waals surface area (Å²) in [6, 6.07) is 16.7. The zero-order chi connectivity index (χ0) is 22.3. The topological polar surface area (TPSA) is 80.9 Å². The molecule has 3 N–H and O–H groups in total. The maximum absolute atomic E-state index is 13.2. The van der Waals surface area contributed by atoms with Crippen LogP contribution in [0.4, 0.5) is 4.39 Å². The van der Waals surface area contributed by atoms with Crippen molar-refractivity contribution >= 4 is 5.91 Å². The molecule has 0 spiro atoms. The number of carbonyl (C=O) groups excluding carboxylic acids is 1. The number of aromatic nitrogens is 2.